The number of nitrogens with one attached hydrogen (secondary N) is 1. The van der Waals surface area contributed by atoms with Crippen LogP contribution in [0.2, 0.25) is 0 Å². The number of rotatable bonds is 7. The SMILES string of the molecule is CCN(C#N)C(=O)C(Cc1csc2ccccc12)NC(=O)OC1CC(C)CCC1C(C)C. The molecule has 4 atom stereocenters. The minimum absolute atomic E-state index is 0.158. The van der Waals surface area contributed by atoms with Gasteiger partial charge in [-0.1, -0.05) is 45.4 Å². The summed E-state index contributed by atoms with van der Waals surface area (Å²) in [5.74, 6) is 0.827. The molecule has 1 aromatic carbocycles. The molecular formula is C25H33N3O3S. The highest BCUT2D eigenvalue weighted by molar-refractivity contribution is 7.17. The number of nitrogens with zero attached hydrogens (tertiary/aromatic N) is 2. The van der Waals surface area contributed by atoms with Crippen molar-refractivity contribution in [3.8, 4) is 6.19 Å². The van der Waals surface area contributed by atoms with Crippen molar-refractivity contribution in [1.29, 1.82) is 5.26 Å². The summed E-state index contributed by atoms with van der Waals surface area (Å²) in [7, 11) is 0. The number of alkyl carbamates (subject to hydrolysis) is 1. The average molecular weight is 456 g/mol. The Kier molecular flexibility index (Phi) is 8.14. The zero-order valence-electron chi connectivity index (χ0n) is 19.3. The molecule has 1 saturated carbocycles. The molecule has 1 aliphatic carbocycles. The van der Waals surface area contributed by atoms with Crippen LogP contribution in [0.5, 0.6) is 0 Å². The zero-order chi connectivity index (χ0) is 23.3. The van der Waals surface area contributed by atoms with E-state index in [-0.39, 0.29) is 12.6 Å². The van der Waals surface area contributed by atoms with Crippen molar-refractivity contribution in [3.05, 3.63) is 35.2 Å². The molecule has 0 bridgehead atoms. The largest absolute Gasteiger partial charge is 0.446 e. The van der Waals surface area contributed by atoms with E-state index in [4.69, 9.17) is 4.74 Å². The van der Waals surface area contributed by atoms with Crippen LogP contribution < -0.4 is 5.32 Å². The lowest BCUT2D eigenvalue weighted by atomic mass is 9.75. The third-order valence-electron chi connectivity index (χ3n) is 6.50. The smallest absolute Gasteiger partial charge is 0.408 e. The Balaban J connectivity index is 1.78. The van der Waals surface area contributed by atoms with Gasteiger partial charge in [-0.3, -0.25) is 4.79 Å². The number of likely N-dealkylation sites (N-methyl/N-ethyl adjacent to an activating group) is 1. The van der Waals surface area contributed by atoms with Crippen LogP contribution in [0.1, 0.15) is 52.5 Å². The molecular weight excluding hydrogens is 422 g/mol. The first-order valence-electron chi connectivity index (χ1n) is 11.5. The van der Waals surface area contributed by atoms with Gasteiger partial charge in [-0.25, -0.2) is 9.69 Å². The van der Waals surface area contributed by atoms with Crippen LogP contribution in [-0.2, 0) is 16.0 Å². The van der Waals surface area contributed by atoms with Gasteiger partial charge in [0.05, 0.1) is 0 Å². The summed E-state index contributed by atoms with van der Waals surface area (Å²) < 4.78 is 6.99. The van der Waals surface area contributed by atoms with E-state index in [9.17, 15) is 14.9 Å². The van der Waals surface area contributed by atoms with E-state index in [2.05, 4.69) is 26.1 Å². The van der Waals surface area contributed by atoms with Crippen LogP contribution in [0, 0.1) is 29.2 Å². The molecule has 2 amide bonds. The number of carbonyl (C=O) groups is 2. The normalized spacial score (nSPS) is 21.7. The predicted octanol–water partition coefficient (Wildman–Crippen LogP) is 5.33. The highest BCUT2D eigenvalue weighted by Crippen LogP contribution is 2.35. The van der Waals surface area contributed by atoms with E-state index in [0.717, 1.165) is 39.8 Å². The first-order valence-corrected chi connectivity index (χ1v) is 12.3. The number of nitriles is 1. The van der Waals surface area contributed by atoms with Gasteiger partial charge in [0.2, 0.25) is 0 Å². The summed E-state index contributed by atoms with van der Waals surface area (Å²) in [6.45, 7) is 8.50. The third kappa shape index (κ3) is 5.60. The molecule has 2 aromatic rings. The van der Waals surface area contributed by atoms with Gasteiger partial charge >= 0.3 is 6.09 Å². The quantitative estimate of drug-likeness (QED) is 0.452. The second kappa shape index (κ2) is 10.8. The molecule has 172 valence electrons. The highest BCUT2D eigenvalue weighted by Gasteiger charge is 2.35. The van der Waals surface area contributed by atoms with Gasteiger partial charge in [0.1, 0.15) is 12.1 Å². The van der Waals surface area contributed by atoms with E-state index in [1.165, 1.54) is 0 Å². The third-order valence-corrected chi connectivity index (χ3v) is 7.51. The van der Waals surface area contributed by atoms with Gasteiger partial charge in [-0.15, -0.1) is 11.3 Å². The van der Waals surface area contributed by atoms with Gasteiger partial charge in [0.25, 0.3) is 5.91 Å². The Morgan fingerprint density at radius 3 is 2.75 bits per heavy atom. The van der Waals surface area contributed by atoms with Crippen LogP contribution in [0.25, 0.3) is 10.1 Å². The molecule has 0 spiro atoms. The van der Waals surface area contributed by atoms with Crippen LogP contribution in [0.3, 0.4) is 0 Å². The molecule has 0 saturated heterocycles. The van der Waals surface area contributed by atoms with E-state index in [1.54, 1.807) is 18.3 Å². The molecule has 32 heavy (non-hydrogen) atoms. The van der Waals surface area contributed by atoms with E-state index in [0.29, 0.717) is 24.2 Å². The van der Waals surface area contributed by atoms with Crippen molar-refractivity contribution in [1.82, 2.24) is 10.2 Å². The second-order valence-electron chi connectivity index (χ2n) is 9.11. The fourth-order valence-electron chi connectivity index (χ4n) is 4.64. The first kappa shape index (κ1) is 24.1. The summed E-state index contributed by atoms with van der Waals surface area (Å²) in [5, 5.41) is 15.2. The van der Waals surface area contributed by atoms with Gasteiger partial charge in [-0.2, -0.15) is 5.26 Å². The molecule has 1 aliphatic rings. The molecule has 4 unspecified atom stereocenters. The fourth-order valence-corrected chi connectivity index (χ4v) is 5.61. The van der Waals surface area contributed by atoms with Crippen molar-refractivity contribution in [2.24, 2.45) is 17.8 Å². The molecule has 1 fully saturated rings. The zero-order valence-corrected chi connectivity index (χ0v) is 20.2. The van der Waals surface area contributed by atoms with Crippen LogP contribution in [0.4, 0.5) is 4.79 Å². The van der Waals surface area contributed by atoms with E-state index in [1.807, 2.05) is 35.8 Å². The van der Waals surface area contributed by atoms with Gasteiger partial charge in [0, 0.05) is 17.7 Å². The molecule has 0 aliphatic heterocycles. The Labute approximate surface area is 194 Å². The maximum Gasteiger partial charge on any atom is 0.408 e. The maximum absolute atomic E-state index is 13.1. The summed E-state index contributed by atoms with van der Waals surface area (Å²) in [4.78, 5) is 27.0. The standard InChI is InChI=1S/C25H33N3O3S/c1-5-28(15-26)24(29)21(13-18-14-32-23-9-7-6-8-20(18)23)27-25(30)31-22-12-17(4)10-11-19(22)16(2)3/h6-9,14,16-17,19,21-22H,5,10-13H2,1-4H3,(H,27,30). The lowest BCUT2D eigenvalue weighted by Crippen LogP contribution is -2.50. The average Bonchev–Trinajstić information content (AvgIpc) is 3.16. The lowest BCUT2D eigenvalue weighted by molar-refractivity contribution is -0.130. The Morgan fingerprint density at radius 1 is 1.31 bits per heavy atom. The van der Waals surface area contributed by atoms with Crippen molar-refractivity contribution in [2.45, 2.75) is 65.5 Å². The number of carbonyl (C=O) groups excluding carboxylic acids is 2. The van der Waals surface area contributed by atoms with E-state index >= 15 is 0 Å². The molecule has 1 N–H and O–H groups in total. The Hall–Kier alpha value is -2.59. The van der Waals surface area contributed by atoms with Gasteiger partial charge < -0.3 is 10.1 Å². The van der Waals surface area contributed by atoms with Gasteiger partial charge in [0.15, 0.2) is 6.19 Å². The molecule has 1 heterocycles. The number of thiophene rings is 1. The van der Waals surface area contributed by atoms with E-state index < -0.39 is 18.0 Å². The monoisotopic (exact) mass is 455 g/mol. The molecule has 1 aromatic heterocycles. The van der Waals surface area contributed by atoms with Crippen molar-refractivity contribution >= 4 is 33.4 Å². The van der Waals surface area contributed by atoms with Crippen LogP contribution in [-0.4, -0.2) is 35.6 Å². The van der Waals surface area contributed by atoms with Crippen LogP contribution >= 0.6 is 11.3 Å². The second-order valence-corrected chi connectivity index (χ2v) is 10.0. The lowest BCUT2D eigenvalue weighted by Gasteiger charge is -2.36. The Morgan fingerprint density at radius 2 is 2.06 bits per heavy atom. The molecule has 3 rings (SSSR count). The molecule has 7 heteroatoms. The summed E-state index contributed by atoms with van der Waals surface area (Å²) in [5.41, 5.74) is 0.976. The maximum atomic E-state index is 13.1. The number of ether oxygens (including phenoxy) is 1. The fraction of sp³-hybridized carbons (Fsp3) is 0.560. The topological polar surface area (TPSA) is 82.4 Å². The summed E-state index contributed by atoms with van der Waals surface area (Å²) in [6, 6.07) is 7.12. The van der Waals surface area contributed by atoms with Crippen LogP contribution in [0.15, 0.2) is 29.6 Å². The van der Waals surface area contributed by atoms with Crippen molar-refractivity contribution < 1.29 is 14.3 Å². The van der Waals surface area contributed by atoms with Crippen molar-refractivity contribution in [2.75, 3.05) is 6.54 Å². The summed E-state index contributed by atoms with van der Waals surface area (Å²) >= 11 is 1.60. The minimum Gasteiger partial charge on any atom is -0.446 e. The number of benzene rings is 1. The molecule has 0 radical (unpaired) electrons. The highest BCUT2D eigenvalue weighted by atomic mass is 32.1. The van der Waals surface area contributed by atoms with Gasteiger partial charge in [-0.05, 0) is 59.9 Å². The molecule has 6 nitrogen and oxygen atoms in total. The van der Waals surface area contributed by atoms with Crippen molar-refractivity contribution in [3.63, 3.8) is 0 Å². The predicted molar refractivity (Wildman–Crippen MR) is 127 cm³/mol. The number of hydrogen-bond donors (Lipinski definition) is 1. The number of amides is 2. The Bertz CT molecular complexity index is 980. The number of fused-ring (bicyclic) bond motifs is 1. The summed E-state index contributed by atoms with van der Waals surface area (Å²) in [6.07, 6.45) is 4.52. The first-order chi connectivity index (χ1) is 15.3. The number of hydrogen-bond acceptors (Lipinski definition) is 5. The minimum atomic E-state index is -0.862.